The number of hydrogen-bond acceptors (Lipinski definition) is 3. The Labute approximate surface area is 149 Å². The molecule has 0 aliphatic carbocycles. The Balaban J connectivity index is 1.68. The number of urea groups is 1. The van der Waals surface area contributed by atoms with Gasteiger partial charge >= 0.3 is 6.03 Å². The number of nitrogens with one attached hydrogen (secondary N) is 2. The van der Waals surface area contributed by atoms with E-state index in [4.69, 9.17) is 9.47 Å². The average molecular weight is 342 g/mol. The van der Waals surface area contributed by atoms with E-state index in [0.717, 1.165) is 17.1 Å². The molecule has 5 nitrogen and oxygen atoms in total. The van der Waals surface area contributed by atoms with Crippen molar-refractivity contribution in [2.24, 2.45) is 0 Å². The molecule has 0 aliphatic heterocycles. The molecule has 0 saturated heterocycles. The van der Waals surface area contributed by atoms with Crippen molar-refractivity contribution in [3.05, 3.63) is 59.7 Å². The lowest BCUT2D eigenvalue weighted by atomic mass is 10.0. The van der Waals surface area contributed by atoms with Crippen LogP contribution in [-0.4, -0.2) is 26.3 Å². The van der Waals surface area contributed by atoms with Gasteiger partial charge in [-0.2, -0.15) is 0 Å². The van der Waals surface area contributed by atoms with Crippen LogP contribution >= 0.6 is 0 Å². The van der Waals surface area contributed by atoms with E-state index in [0.29, 0.717) is 25.6 Å². The molecule has 2 aromatic rings. The highest BCUT2D eigenvalue weighted by Gasteiger charge is 2.07. The summed E-state index contributed by atoms with van der Waals surface area (Å²) < 4.78 is 10.9. The number of amides is 2. The maximum Gasteiger partial charge on any atom is 0.315 e. The van der Waals surface area contributed by atoms with Crippen LogP contribution in [0.15, 0.2) is 48.5 Å². The molecule has 25 heavy (non-hydrogen) atoms. The molecular formula is C20H26N2O3. The largest absolute Gasteiger partial charge is 0.497 e. The summed E-state index contributed by atoms with van der Waals surface area (Å²) in [5.41, 5.74) is 2.18. The minimum atomic E-state index is -0.212. The van der Waals surface area contributed by atoms with Crippen molar-refractivity contribution in [2.75, 3.05) is 20.3 Å². The summed E-state index contributed by atoms with van der Waals surface area (Å²) in [6, 6.07) is 15.4. The Morgan fingerprint density at radius 3 is 2.44 bits per heavy atom. The Bertz CT molecular complexity index is 669. The maximum absolute atomic E-state index is 11.8. The molecule has 0 aromatic heterocycles. The number of para-hydroxylation sites is 1. The zero-order chi connectivity index (χ0) is 18.1. The highest BCUT2D eigenvalue weighted by Crippen LogP contribution is 2.25. The number of hydrogen-bond donors (Lipinski definition) is 2. The van der Waals surface area contributed by atoms with Gasteiger partial charge in [-0.15, -0.1) is 0 Å². The summed E-state index contributed by atoms with van der Waals surface area (Å²) in [5.74, 6) is 2.07. The van der Waals surface area contributed by atoms with Crippen molar-refractivity contribution in [2.45, 2.75) is 26.3 Å². The van der Waals surface area contributed by atoms with E-state index in [9.17, 15) is 4.79 Å². The molecule has 0 radical (unpaired) electrons. The maximum atomic E-state index is 11.8. The van der Waals surface area contributed by atoms with Crippen molar-refractivity contribution >= 4 is 6.03 Å². The molecule has 0 saturated carbocycles. The summed E-state index contributed by atoms with van der Waals surface area (Å²) >= 11 is 0. The monoisotopic (exact) mass is 342 g/mol. The zero-order valence-corrected chi connectivity index (χ0v) is 15.0. The highest BCUT2D eigenvalue weighted by molar-refractivity contribution is 5.73. The second kappa shape index (κ2) is 9.57. The Kier molecular flexibility index (Phi) is 7.14. The normalized spacial score (nSPS) is 10.4. The molecule has 2 amide bonds. The van der Waals surface area contributed by atoms with Crippen molar-refractivity contribution in [3.63, 3.8) is 0 Å². The van der Waals surface area contributed by atoms with Gasteiger partial charge in [-0.25, -0.2) is 4.79 Å². The van der Waals surface area contributed by atoms with Crippen molar-refractivity contribution < 1.29 is 14.3 Å². The van der Waals surface area contributed by atoms with E-state index in [1.54, 1.807) is 7.11 Å². The van der Waals surface area contributed by atoms with Gasteiger partial charge in [-0.3, -0.25) is 0 Å². The quantitative estimate of drug-likeness (QED) is 0.719. The van der Waals surface area contributed by atoms with Crippen LogP contribution in [0.3, 0.4) is 0 Å². The second-order valence-corrected chi connectivity index (χ2v) is 6.00. The predicted octanol–water partition coefficient (Wildman–Crippen LogP) is 3.70. The number of methoxy groups -OCH3 is 1. The van der Waals surface area contributed by atoms with Gasteiger partial charge in [0, 0.05) is 6.54 Å². The van der Waals surface area contributed by atoms with Crippen LogP contribution in [0.1, 0.15) is 30.9 Å². The number of rotatable bonds is 8. The third-order valence-electron chi connectivity index (χ3n) is 3.80. The minimum absolute atomic E-state index is 0.212. The van der Waals surface area contributed by atoms with Crippen LogP contribution in [0.25, 0.3) is 0 Å². The summed E-state index contributed by atoms with van der Waals surface area (Å²) in [4.78, 5) is 11.8. The molecule has 0 spiro atoms. The van der Waals surface area contributed by atoms with Crippen LogP contribution < -0.4 is 20.1 Å². The van der Waals surface area contributed by atoms with Gasteiger partial charge in [0.1, 0.15) is 18.1 Å². The number of ether oxygens (including phenoxy) is 2. The van der Waals surface area contributed by atoms with Gasteiger partial charge in [0.2, 0.25) is 0 Å². The summed E-state index contributed by atoms with van der Waals surface area (Å²) in [6.45, 7) is 5.60. The zero-order valence-electron chi connectivity index (χ0n) is 15.0. The van der Waals surface area contributed by atoms with Gasteiger partial charge in [0.05, 0.1) is 13.7 Å². The molecule has 0 heterocycles. The fraction of sp³-hybridized carbons (Fsp3) is 0.350. The van der Waals surface area contributed by atoms with E-state index >= 15 is 0 Å². The lowest BCUT2D eigenvalue weighted by Crippen LogP contribution is -2.37. The highest BCUT2D eigenvalue weighted by atomic mass is 16.5. The molecule has 0 unspecified atom stereocenters. The Hall–Kier alpha value is -2.69. The number of benzene rings is 2. The van der Waals surface area contributed by atoms with Gasteiger partial charge in [0.15, 0.2) is 0 Å². The van der Waals surface area contributed by atoms with Gasteiger partial charge in [-0.1, -0.05) is 44.2 Å². The van der Waals surface area contributed by atoms with E-state index in [2.05, 4.69) is 30.5 Å². The van der Waals surface area contributed by atoms with Crippen molar-refractivity contribution in [1.82, 2.24) is 10.6 Å². The van der Waals surface area contributed by atoms with Crippen molar-refractivity contribution in [1.29, 1.82) is 0 Å². The third-order valence-corrected chi connectivity index (χ3v) is 3.80. The summed E-state index contributed by atoms with van der Waals surface area (Å²) in [6.07, 6.45) is 0. The fourth-order valence-corrected chi connectivity index (χ4v) is 2.40. The van der Waals surface area contributed by atoms with Crippen molar-refractivity contribution in [3.8, 4) is 11.5 Å². The first kappa shape index (κ1) is 18.6. The SMILES string of the molecule is COc1ccc(CNC(=O)NCCOc2ccccc2C(C)C)cc1. The lowest BCUT2D eigenvalue weighted by molar-refractivity contribution is 0.236. The topological polar surface area (TPSA) is 59.6 Å². The van der Waals surface area contributed by atoms with E-state index < -0.39 is 0 Å². The average Bonchev–Trinajstić information content (AvgIpc) is 2.64. The van der Waals surface area contributed by atoms with Gasteiger partial charge < -0.3 is 20.1 Å². The number of carbonyl (C=O) groups excluding carboxylic acids is 1. The third kappa shape index (κ3) is 6.03. The van der Waals surface area contributed by atoms with Crippen LogP contribution in [0, 0.1) is 0 Å². The summed E-state index contributed by atoms with van der Waals surface area (Å²) in [7, 11) is 1.63. The summed E-state index contributed by atoms with van der Waals surface area (Å²) in [5, 5.41) is 5.61. The molecule has 5 heteroatoms. The first-order valence-corrected chi connectivity index (χ1v) is 8.46. The molecule has 0 fully saturated rings. The van der Waals surface area contributed by atoms with Gasteiger partial charge in [-0.05, 0) is 35.2 Å². The van der Waals surface area contributed by atoms with Crippen LogP contribution in [0.2, 0.25) is 0 Å². The predicted molar refractivity (Wildman–Crippen MR) is 99.3 cm³/mol. The fourth-order valence-electron chi connectivity index (χ4n) is 2.40. The Morgan fingerprint density at radius 2 is 1.76 bits per heavy atom. The molecule has 0 bridgehead atoms. The van der Waals surface area contributed by atoms with Crippen LogP contribution in [0.4, 0.5) is 4.79 Å². The molecule has 2 aromatic carbocycles. The molecule has 134 valence electrons. The second-order valence-electron chi connectivity index (χ2n) is 6.00. The van der Waals surface area contributed by atoms with E-state index in [1.807, 2.05) is 42.5 Å². The lowest BCUT2D eigenvalue weighted by Gasteiger charge is -2.14. The smallest absolute Gasteiger partial charge is 0.315 e. The van der Waals surface area contributed by atoms with E-state index in [-0.39, 0.29) is 6.03 Å². The molecule has 2 N–H and O–H groups in total. The first-order valence-electron chi connectivity index (χ1n) is 8.46. The molecule has 0 atom stereocenters. The van der Waals surface area contributed by atoms with Gasteiger partial charge in [0.25, 0.3) is 0 Å². The molecular weight excluding hydrogens is 316 g/mol. The Morgan fingerprint density at radius 1 is 1.04 bits per heavy atom. The van der Waals surface area contributed by atoms with E-state index in [1.165, 1.54) is 5.56 Å². The molecule has 2 rings (SSSR count). The number of carbonyl (C=O) groups is 1. The first-order chi connectivity index (χ1) is 12.1. The minimum Gasteiger partial charge on any atom is -0.497 e. The van der Waals surface area contributed by atoms with Crippen LogP contribution in [0.5, 0.6) is 11.5 Å². The van der Waals surface area contributed by atoms with Crippen LogP contribution in [-0.2, 0) is 6.54 Å². The molecule has 0 aliphatic rings. The standard InChI is InChI=1S/C20H26N2O3/c1-15(2)18-6-4-5-7-19(18)25-13-12-21-20(23)22-14-16-8-10-17(24-3)11-9-16/h4-11,15H,12-14H2,1-3H3,(H2,21,22,23).